The van der Waals surface area contributed by atoms with Crippen molar-refractivity contribution in [3.63, 3.8) is 0 Å². The molecule has 1 atom stereocenters. The van der Waals surface area contributed by atoms with Crippen molar-refractivity contribution in [3.05, 3.63) is 29.3 Å². The van der Waals surface area contributed by atoms with E-state index in [1.54, 1.807) is 6.92 Å². The van der Waals surface area contributed by atoms with Crippen molar-refractivity contribution in [2.75, 3.05) is 5.01 Å². The lowest BCUT2D eigenvalue weighted by Crippen LogP contribution is -2.42. The molecule has 2 rings (SSSR count). The predicted molar refractivity (Wildman–Crippen MR) is 94.5 cm³/mol. The average Bonchev–Trinajstić information content (AvgIpc) is 2.55. The van der Waals surface area contributed by atoms with E-state index in [2.05, 4.69) is 10.4 Å². The van der Waals surface area contributed by atoms with Gasteiger partial charge in [-0.3, -0.25) is 14.4 Å². The minimum Gasteiger partial charge on any atom is -0.481 e. The van der Waals surface area contributed by atoms with E-state index in [4.69, 9.17) is 5.11 Å². The van der Waals surface area contributed by atoms with E-state index >= 15 is 0 Å². The summed E-state index contributed by atoms with van der Waals surface area (Å²) < 4.78 is 0. The quantitative estimate of drug-likeness (QED) is 0.825. The summed E-state index contributed by atoms with van der Waals surface area (Å²) in [7, 11) is 0. The third kappa shape index (κ3) is 4.89. The van der Waals surface area contributed by atoms with Crippen molar-refractivity contribution in [2.45, 2.75) is 52.5 Å². The van der Waals surface area contributed by atoms with E-state index in [1.165, 1.54) is 5.01 Å². The second-order valence-corrected chi connectivity index (χ2v) is 6.35. The topological polar surface area (TPSA) is 99.1 Å². The highest BCUT2D eigenvalue weighted by Crippen LogP contribution is 2.25. The molecular weight excluding hydrogens is 322 g/mol. The molecule has 0 radical (unpaired) electrons. The number of carbonyl (C=O) groups is 3. The van der Waals surface area contributed by atoms with Gasteiger partial charge in [-0.05, 0) is 44.4 Å². The molecule has 25 heavy (non-hydrogen) atoms. The molecule has 7 nitrogen and oxygen atoms in total. The van der Waals surface area contributed by atoms with Crippen LogP contribution in [0.25, 0.3) is 0 Å². The number of carbonyl (C=O) groups excluding carboxylic acids is 2. The molecule has 1 aromatic rings. The maximum Gasteiger partial charge on any atom is 0.303 e. The summed E-state index contributed by atoms with van der Waals surface area (Å²) in [6.45, 7) is 5.57. The zero-order valence-corrected chi connectivity index (χ0v) is 14.7. The fourth-order valence-corrected chi connectivity index (χ4v) is 2.57. The van der Waals surface area contributed by atoms with Crippen LogP contribution < -0.4 is 10.3 Å². The van der Waals surface area contributed by atoms with Crippen LogP contribution >= 0.6 is 0 Å². The summed E-state index contributed by atoms with van der Waals surface area (Å²) in [5.74, 6) is -1.41. The van der Waals surface area contributed by atoms with Gasteiger partial charge < -0.3 is 10.4 Å². The zero-order valence-electron chi connectivity index (χ0n) is 14.7. The largest absolute Gasteiger partial charge is 0.481 e. The Hall–Kier alpha value is -2.70. The number of nitrogens with zero attached hydrogens (tertiary/aromatic N) is 2. The van der Waals surface area contributed by atoms with Crippen LogP contribution in [0.5, 0.6) is 0 Å². The fourth-order valence-electron chi connectivity index (χ4n) is 2.57. The van der Waals surface area contributed by atoms with Gasteiger partial charge in [0.1, 0.15) is 5.71 Å². The van der Waals surface area contributed by atoms with Gasteiger partial charge in [-0.2, -0.15) is 5.10 Å². The molecule has 0 saturated carbocycles. The number of aryl methyl sites for hydroxylation is 2. The molecule has 134 valence electrons. The van der Waals surface area contributed by atoms with Gasteiger partial charge in [0.25, 0.3) is 5.91 Å². The number of nitrogens with one attached hydrogen (secondary N) is 1. The normalized spacial score (nSPS) is 15.6. The Labute approximate surface area is 146 Å². The number of aliphatic carboxylic acids is 1. The molecule has 1 aliphatic heterocycles. The number of amides is 2. The standard InChI is InChI=1S/C18H23N3O4/c1-11-4-5-12(2)15(10-11)21-16(22)8-7-14(20-21)18(25)19-13(3)6-9-17(23)24/h4-5,10,13H,6-9H2,1-3H3,(H,19,25)(H,23,24). The van der Waals surface area contributed by atoms with Crippen LogP contribution in [0, 0.1) is 13.8 Å². The highest BCUT2D eigenvalue weighted by molar-refractivity contribution is 6.40. The number of benzene rings is 1. The Morgan fingerprint density at radius 2 is 2.04 bits per heavy atom. The number of hydrazone groups is 1. The smallest absolute Gasteiger partial charge is 0.303 e. The Balaban J connectivity index is 2.15. The minimum absolute atomic E-state index is 0.0129. The van der Waals surface area contributed by atoms with Gasteiger partial charge in [-0.15, -0.1) is 0 Å². The summed E-state index contributed by atoms with van der Waals surface area (Å²) in [4.78, 5) is 35.2. The molecule has 7 heteroatoms. The summed E-state index contributed by atoms with van der Waals surface area (Å²) in [6.07, 6.45) is 0.815. The monoisotopic (exact) mass is 345 g/mol. The van der Waals surface area contributed by atoms with E-state index in [0.29, 0.717) is 12.1 Å². The highest BCUT2D eigenvalue weighted by Gasteiger charge is 2.27. The van der Waals surface area contributed by atoms with Crippen molar-refractivity contribution in [1.29, 1.82) is 0 Å². The number of hydrogen-bond donors (Lipinski definition) is 2. The molecule has 0 spiro atoms. The lowest BCUT2D eigenvalue weighted by molar-refractivity contribution is -0.137. The van der Waals surface area contributed by atoms with Crippen LogP contribution in [0.1, 0.15) is 43.7 Å². The van der Waals surface area contributed by atoms with Gasteiger partial charge in [0, 0.05) is 25.3 Å². The number of carboxylic acids is 1. The predicted octanol–water partition coefficient (Wildman–Crippen LogP) is 2.16. The first-order valence-corrected chi connectivity index (χ1v) is 8.28. The molecule has 1 unspecified atom stereocenters. The summed E-state index contributed by atoms with van der Waals surface area (Å²) >= 11 is 0. The van der Waals surface area contributed by atoms with E-state index in [1.807, 2.05) is 32.0 Å². The highest BCUT2D eigenvalue weighted by atomic mass is 16.4. The molecule has 0 aliphatic carbocycles. The van der Waals surface area contributed by atoms with Crippen molar-refractivity contribution in [3.8, 4) is 0 Å². The van der Waals surface area contributed by atoms with Gasteiger partial charge >= 0.3 is 5.97 Å². The number of rotatable bonds is 6. The maximum absolute atomic E-state index is 12.4. The fraction of sp³-hybridized carbons (Fsp3) is 0.444. The van der Waals surface area contributed by atoms with Gasteiger partial charge in [-0.1, -0.05) is 12.1 Å². The first-order valence-electron chi connectivity index (χ1n) is 8.28. The third-order valence-electron chi connectivity index (χ3n) is 4.06. The molecular formula is C18H23N3O4. The molecule has 2 N–H and O–H groups in total. The number of hydrogen-bond acceptors (Lipinski definition) is 4. The van der Waals surface area contributed by atoms with Gasteiger partial charge in [-0.25, -0.2) is 5.01 Å². The molecule has 1 heterocycles. The number of carboxylic acid groups (broad SMARTS) is 1. The van der Waals surface area contributed by atoms with Crippen molar-refractivity contribution in [2.24, 2.45) is 5.10 Å². The van der Waals surface area contributed by atoms with Crippen LogP contribution in [0.15, 0.2) is 23.3 Å². The summed E-state index contributed by atoms with van der Waals surface area (Å²) in [5.41, 5.74) is 2.86. The van der Waals surface area contributed by atoms with Crippen molar-refractivity contribution in [1.82, 2.24) is 5.32 Å². The molecule has 0 fully saturated rings. The van der Waals surface area contributed by atoms with E-state index < -0.39 is 5.97 Å². The number of anilines is 1. The van der Waals surface area contributed by atoms with Crippen LogP contribution in [-0.2, 0) is 14.4 Å². The Morgan fingerprint density at radius 1 is 1.32 bits per heavy atom. The second kappa shape index (κ2) is 7.92. The van der Waals surface area contributed by atoms with Crippen molar-refractivity contribution < 1.29 is 19.5 Å². The van der Waals surface area contributed by atoms with E-state index in [-0.39, 0.29) is 42.8 Å². The van der Waals surface area contributed by atoms with Crippen LogP contribution in [0.4, 0.5) is 5.69 Å². The first kappa shape index (κ1) is 18.6. The Kier molecular flexibility index (Phi) is 5.90. The van der Waals surface area contributed by atoms with Gasteiger partial charge in [0.05, 0.1) is 5.69 Å². The van der Waals surface area contributed by atoms with Crippen LogP contribution in [0.2, 0.25) is 0 Å². The molecule has 1 aliphatic rings. The van der Waals surface area contributed by atoms with E-state index in [9.17, 15) is 14.4 Å². The molecule has 1 aromatic carbocycles. The lowest BCUT2D eigenvalue weighted by atomic mass is 10.1. The second-order valence-electron chi connectivity index (χ2n) is 6.35. The van der Waals surface area contributed by atoms with Gasteiger partial charge in [0.15, 0.2) is 0 Å². The van der Waals surface area contributed by atoms with Gasteiger partial charge in [0.2, 0.25) is 5.91 Å². The zero-order chi connectivity index (χ0) is 18.6. The molecule has 0 aromatic heterocycles. The van der Waals surface area contributed by atoms with E-state index in [0.717, 1.165) is 11.1 Å². The Morgan fingerprint density at radius 3 is 2.72 bits per heavy atom. The minimum atomic E-state index is -0.900. The molecule has 0 saturated heterocycles. The van der Waals surface area contributed by atoms with Crippen molar-refractivity contribution >= 4 is 29.2 Å². The summed E-state index contributed by atoms with van der Waals surface area (Å²) in [5, 5.41) is 17.0. The first-order chi connectivity index (χ1) is 11.8. The average molecular weight is 345 g/mol. The van der Waals surface area contributed by atoms with Crippen LogP contribution in [-0.4, -0.2) is 34.6 Å². The van der Waals surface area contributed by atoms with Crippen LogP contribution in [0.3, 0.4) is 0 Å². The molecule has 2 amide bonds. The molecule has 0 bridgehead atoms. The lowest BCUT2D eigenvalue weighted by Gasteiger charge is -2.25. The Bertz CT molecular complexity index is 727. The summed E-state index contributed by atoms with van der Waals surface area (Å²) in [6, 6.07) is 5.45. The maximum atomic E-state index is 12.4. The third-order valence-corrected chi connectivity index (χ3v) is 4.06. The SMILES string of the molecule is Cc1ccc(C)c(N2N=C(C(=O)NC(C)CCC(=O)O)CCC2=O)c1.